The van der Waals surface area contributed by atoms with Crippen LogP contribution in [0.4, 0.5) is 11.4 Å². The molecule has 39 heavy (non-hydrogen) atoms. The first-order chi connectivity index (χ1) is 18.7. The third kappa shape index (κ3) is 7.19. The number of nitrogens with zero attached hydrogens (tertiary/aromatic N) is 1. The molecule has 0 saturated heterocycles. The van der Waals surface area contributed by atoms with Crippen LogP contribution in [0.2, 0.25) is 5.02 Å². The summed E-state index contributed by atoms with van der Waals surface area (Å²) in [6, 6.07) is 18.9. The highest BCUT2D eigenvalue weighted by Gasteiger charge is 2.22. The number of anilines is 2. The Morgan fingerprint density at radius 1 is 0.923 bits per heavy atom. The standard InChI is InChI=1S/C29H28BrClN4O4/c1-3-4-5-14-39-22-10-8-21(9-11-22)32-28(37)29(38)34-35-25-13-7-20(31)16-19(25)17-26(35)27(36)33-24-12-6-18(2)15-23(24)30/h6-13,15-17H,3-5,14H2,1-2H3,(H,32,37)(H,33,36)(H,34,38). The lowest BCUT2D eigenvalue weighted by Gasteiger charge is -2.13. The van der Waals surface area contributed by atoms with Gasteiger partial charge in [-0.2, -0.15) is 0 Å². The van der Waals surface area contributed by atoms with Crippen LogP contribution in [0, 0.1) is 6.92 Å². The number of ether oxygens (including phenoxy) is 1. The number of aryl methyl sites for hydroxylation is 1. The summed E-state index contributed by atoms with van der Waals surface area (Å²) in [5, 5.41) is 6.49. The number of benzene rings is 3. The third-order valence-corrected chi connectivity index (χ3v) is 6.81. The number of hydrogen-bond donors (Lipinski definition) is 3. The van der Waals surface area contributed by atoms with Crippen molar-refractivity contribution < 1.29 is 19.1 Å². The Morgan fingerprint density at radius 3 is 2.41 bits per heavy atom. The molecule has 3 aromatic carbocycles. The molecule has 0 unspecified atom stereocenters. The van der Waals surface area contributed by atoms with Crippen molar-refractivity contribution >= 4 is 67.5 Å². The fraction of sp³-hybridized carbons (Fsp3) is 0.207. The van der Waals surface area contributed by atoms with E-state index < -0.39 is 17.7 Å². The van der Waals surface area contributed by atoms with Gasteiger partial charge in [-0.1, -0.05) is 37.4 Å². The van der Waals surface area contributed by atoms with E-state index in [0.29, 0.717) is 44.1 Å². The van der Waals surface area contributed by atoms with Gasteiger partial charge < -0.3 is 15.4 Å². The van der Waals surface area contributed by atoms with Crippen molar-refractivity contribution in [3.8, 4) is 5.75 Å². The molecule has 0 spiro atoms. The maximum absolute atomic E-state index is 13.3. The summed E-state index contributed by atoms with van der Waals surface area (Å²) in [6.07, 6.45) is 3.18. The van der Waals surface area contributed by atoms with Crippen molar-refractivity contribution in [3.05, 3.63) is 87.5 Å². The van der Waals surface area contributed by atoms with Crippen molar-refractivity contribution in [2.24, 2.45) is 0 Å². The SMILES string of the molecule is CCCCCOc1ccc(NC(=O)C(=O)Nn2c(C(=O)Nc3ccc(C)cc3Br)cc3cc(Cl)ccc32)cc1. The number of aromatic nitrogens is 1. The third-order valence-electron chi connectivity index (χ3n) is 5.92. The van der Waals surface area contributed by atoms with E-state index >= 15 is 0 Å². The number of hydrogen-bond acceptors (Lipinski definition) is 4. The molecule has 0 aliphatic heterocycles. The van der Waals surface area contributed by atoms with Gasteiger partial charge in [0.2, 0.25) is 0 Å². The van der Waals surface area contributed by atoms with E-state index in [2.05, 4.69) is 38.9 Å². The molecule has 0 atom stereocenters. The van der Waals surface area contributed by atoms with Crippen molar-refractivity contribution in [1.82, 2.24) is 4.68 Å². The Hall–Kier alpha value is -3.82. The van der Waals surface area contributed by atoms with E-state index in [0.717, 1.165) is 24.8 Å². The largest absolute Gasteiger partial charge is 0.494 e. The second kappa shape index (κ2) is 12.8. The molecule has 3 N–H and O–H groups in total. The molecule has 0 bridgehead atoms. The van der Waals surface area contributed by atoms with Crippen LogP contribution in [0.5, 0.6) is 5.75 Å². The summed E-state index contributed by atoms with van der Waals surface area (Å²) >= 11 is 9.60. The van der Waals surface area contributed by atoms with Crippen LogP contribution in [0.25, 0.3) is 10.9 Å². The molecule has 4 rings (SSSR count). The molecule has 0 aliphatic carbocycles. The van der Waals surface area contributed by atoms with Gasteiger partial charge in [0, 0.05) is 20.6 Å². The van der Waals surface area contributed by atoms with Gasteiger partial charge in [-0.25, -0.2) is 4.68 Å². The number of carbonyl (C=O) groups is 3. The molecule has 0 aliphatic rings. The Balaban J connectivity index is 1.50. The summed E-state index contributed by atoms with van der Waals surface area (Å²) in [5.41, 5.74) is 5.17. The number of amides is 3. The lowest BCUT2D eigenvalue weighted by Crippen LogP contribution is -2.36. The molecular weight excluding hydrogens is 584 g/mol. The monoisotopic (exact) mass is 610 g/mol. The molecule has 0 saturated carbocycles. The van der Waals surface area contributed by atoms with Gasteiger partial charge in [0.15, 0.2) is 0 Å². The van der Waals surface area contributed by atoms with Gasteiger partial charge in [0.05, 0.1) is 17.8 Å². The zero-order valence-electron chi connectivity index (χ0n) is 21.5. The average molecular weight is 612 g/mol. The highest BCUT2D eigenvalue weighted by Crippen LogP contribution is 2.26. The number of carbonyl (C=O) groups excluding carboxylic acids is 3. The van der Waals surface area contributed by atoms with Gasteiger partial charge in [-0.15, -0.1) is 0 Å². The van der Waals surface area contributed by atoms with Gasteiger partial charge in [0.1, 0.15) is 11.4 Å². The Morgan fingerprint density at radius 2 is 1.69 bits per heavy atom. The predicted molar refractivity (Wildman–Crippen MR) is 158 cm³/mol. The minimum atomic E-state index is -0.951. The minimum Gasteiger partial charge on any atom is -0.494 e. The van der Waals surface area contributed by atoms with E-state index in [1.165, 1.54) is 4.68 Å². The molecule has 8 nitrogen and oxygen atoms in total. The van der Waals surface area contributed by atoms with Crippen LogP contribution in [0.3, 0.4) is 0 Å². The van der Waals surface area contributed by atoms with Crippen LogP contribution < -0.4 is 20.8 Å². The van der Waals surface area contributed by atoms with Crippen LogP contribution in [0.1, 0.15) is 42.2 Å². The number of rotatable bonds is 9. The van der Waals surface area contributed by atoms with Crippen LogP contribution in [0.15, 0.2) is 71.2 Å². The number of nitrogens with one attached hydrogen (secondary N) is 3. The smallest absolute Gasteiger partial charge is 0.328 e. The second-order valence-corrected chi connectivity index (χ2v) is 10.3. The molecular formula is C29H28BrClN4O4. The first-order valence-electron chi connectivity index (χ1n) is 12.5. The summed E-state index contributed by atoms with van der Waals surface area (Å²) < 4.78 is 7.67. The summed E-state index contributed by atoms with van der Waals surface area (Å²) in [7, 11) is 0. The number of halogens is 2. The summed E-state index contributed by atoms with van der Waals surface area (Å²) in [4.78, 5) is 38.9. The Bertz CT molecular complexity index is 1520. The van der Waals surface area contributed by atoms with Gasteiger partial charge in [0.25, 0.3) is 5.91 Å². The average Bonchev–Trinajstić information content (AvgIpc) is 3.26. The Kier molecular flexibility index (Phi) is 9.27. The molecule has 0 fully saturated rings. The topological polar surface area (TPSA) is 101 Å². The molecule has 4 aromatic rings. The van der Waals surface area contributed by atoms with Crippen LogP contribution >= 0.6 is 27.5 Å². The molecule has 1 heterocycles. The summed E-state index contributed by atoms with van der Waals surface area (Å²) in [5.74, 6) is -1.65. The number of unbranched alkanes of at least 4 members (excludes halogenated alkanes) is 2. The lowest BCUT2D eigenvalue weighted by molar-refractivity contribution is -0.133. The van der Waals surface area contributed by atoms with Gasteiger partial charge in [-0.3, -0.25) is 19.8 Å². The van der Waals surface area contributed by atoms with E-state index in [-0.39, 0.29) is 5.69 Å². The minimum absolute atomic E-state index is 0.116. The van der Waals surface area contributed by atoms with Crippen LogP contribution in [-0.2, 0) is 9.59 Å². The van der Waals surface area contributed by atoms with Crippen molar-refractivity contribution in [1.29, 1.82) is 0 Å². The molecule has 3 amide bonds. The number of fused-ring (bicyclic) bond motifs is 1. The Labute approximate surface area is 239 Å². The maximum atomic E-state index is 13.3. The van der Waals surface area contributed by atoms with E-state index in [1.807, 2.05) is 19.1 Å². The van der Waals surface area contributed by atoms with Crippen molar-refractivity contribution in [3.63, 3.8) is 0 Å². The summed E-state index contributed by atoms with van der Waals surface area (Å²) in [6.45, 7) is 4.69. The molecule has 202 valence electrons. The second-order valence-electron chi connectivity index (χ2n) is 8.98. The fourth-order valence-corrected chi connectivity index (χ4v) is 4.67. The molecule has 10 heteroatoms. The zero-order valence-corrected chi connectivity index (χ0v) is 23.9. The van der Waals surface area contributed by atoms with E-state index in [9.17, 15) is 14.4 Å². The predicted octanol–water partition coefficient (Wildman–Crippen LogP) is 6.90. The van der Waals surface area contributed by atoms with Crippen LogP contribution in [-0.4, -0.2) is 29.0 Å². The van der Waals surface area contributed by atoms with Crippen molar-refractivity contribution in [2.75, 3.05) is 22.7 Å². The normalized spacial score (nSPS) is 10.8. The van der Waals surface area contributed by atoms with Crippen molar-refractivity contribution in [2.45, 2.75) is 33.1 Å². The van der Waals surface area contributed by atoms with Gasteiger partial charge >= 0.3 is 11.8 Å². The quantitative estimate of drug-likeness (QED) is 0.142. The van der Waals surface area contributed by atoms with E-state index in [4.69, 9.17) is 16.3 Å². The fourth-order valence-electron chi connectivity index (χ4n) is 3.90. The lowest BCUT2D eigenvalue weighted by atomic mass is 10.2. The highest BCUT2D eigenvalue weighted by atomic mass is 79.9. The highest BCUT2D eigenvalue weighted by molar-refractivity contribution is 9.10. The zero-order chi connectivity index (χ0) is 27.9. The molecule has 0 radical (unpaired) electrons. The molecule has 1 aromatic heterocycles. The first-order valence-corrected chi connectivity index (χ1v) is 13.7. The maximum Gasteiger partial charge on any atom is 0.328 e. The first kappa shape index (κ1) is 28.2. The van der Waals surface area contributed by atoms with E-state index in [1.54, 1.807) is 54.6 Å². The van der Waals surface area contributed by atoms with Gasteiger partial charge in [-0.05, 0) is 95.5 Å².